The first-order chi connectivity index (χ1) is 6.19. The van der Waals surface area contributed by atoms with Crippen molar-refractivity contribution in [2.45, 2.75) is 13.8 Å². The van der Waals surface area contributed by atoms with Gasteiger partial charge in [-0.25, -0.2) is 4.98 Å². The Balaban J connectivity index is 2.78. The standard InChI is InChI=1S/C8H11BrN2OS/c1-3-11(4-2)7(12)6-5-10-8(9)13-6/h5H,3-4H2,1-2H3. The number of carbonyl (C=O) groups excluding carboxylic acids is 1. The van der Waals surface area contributed by atoms with Crippen LogP contribution in [0.3, 0.4) is 0 Å². The number of thiazole rings is 1. The molecule has 3 nitrogen and oxygen atoms in total. The second-order valence-corrected chi connectivity index (χ2v) is 4.76. The molecular weight excluding hydrogens is 252 g/mol. The normalized spacial score (nSPS) is 10.1. The molecule has 1 aromatic heterocycles. The van der Waals surface area contributed by atoms with Gasteiger partial charge in [0.25, 0.3) is 5.91 Å². The van der Waals surface area contributed by atoms with Gasteiger partial charge in [-0.2, -0.15) is 0 Å². The molecule has 1 rings (SSSR count). The molecule has 0 saturated carbocycles. The highest BCUT2D eigenvalue weighted by atomic mass is 79.9. The molecule has 0 bridgehead atoms. The van der Waals surface area contributed by atoms with Crippen LogP contribution in [0.1, 0.15) is 23.5 Å². The molecule has 0 spiro atoms. The highest BCUT2D eigenvalue weighted by Crippen LogP contribution is 2.19. The number of amides is 1. The lowest BCUT2D eigenvalue weighted by Crippen LogP contribution is -2.29. The van der Waals surface area contributed by atoms with E-state index in [0.717, 1.165) is 17.0 Å². The summed E-state index contributed by atoms with van der Waals surface area (Å²) in [6, 6.07) is 0. The van der Waals surface area contributed by atoms with Crippen molar-refractivity contribution in [3.8, 4) is 0 Å². The van der Waals surface area contributed by atoms with Gasteiger partial charge in [-0.1, -0.05) is 0 Å². The van der Waals surface area contributed by atoms with E-state index >= 15 is 0 Å². The summed E-state index contributed by atoms with van der Waals surface area (Å²) in [6.45, 7) is 5.42. The van der Waals surface area contributed by atoms with E-state index in [1.165, 1.54) is 11.3 Å². The van der Waals surface area contributed by atoms with Crippen molar-refractivity contribution >= 4 is 33.2 Å². The number of carbonyl (C=O) groups is 1. The van der Waals surface area contributed by atoms with Crippen LogP contribution >= 0.6 is 27.3 Å². The molecule has 0 atom stereocenters. The molecule has 1 amide bonds. The van der Waals surface area contributed by atoms with Gasteiger partial charge in [0.1, 0.15) is 4.88 Å². The maximum Gasteiger partial charge on any atom is 0.265 e. The second-order valence-electron chi connectivity index (χ2n) is 2.45. The largest absolute Gasteiger partial charge is 0.338 e. The SMILES string of the molecule is CCN(CC)C(=O)c1cnc(Br)s1. The first-order valence-electron chi connectivity index (χ1n) is 4.09. The van der Waals surface area contributed by atoms with Gasteiger partial charge >= 0.3 is 0 Å². The van der Waals surface area contributed by atoms with Gasteiger partial charge in [-0.3, -0.25) is 4.79 Å². The smallest absolute Gasteiger partial charge is 0.265 e. The number of aromatic nitrogens is 1. The van der Waals surface area contributed by atoms with Crippen molar-refractivity contribution < 1.29 is 4.79 Å². The Morgan fingerprint density at radius 1 is 1.62 bits per heavy atom. The van der Waals surface area contributed by atoms with Crippen LogP contribution < -0.4 is 0 Å². The summed E-state index contributed by atoms with van der Waals surface area (Å²) in [7, 11) is 0. The van der Waals surface area contributed by atoms with Gasteiger partial charge in [0.05, 0.1) is 6.20 Å². The molecule has 0 radical (unpaired) electrons. The van der Waals surface area contributed by atoms with Crippen LogP contribution in [0.4, 0.5) is 0 Å². The molecule has 1 heterocycles. The zero-order valence-electron chi connectivity index (χ0n) is 7.58. The zero-order valence-corrected chi connectivity index (χ0v) is 9.98. The number of hydrogen-bond acceptors (Lipinski definition) is 3. The third kappa shape index (κ3) is 2.51. The monoisotopic (exact) mass is 262 g/mol. The molecule has 13 heavy (non-hydrogen) atoms. The van der Waals surface area contributed by atoms with E-state index in [-0.39, 0.29) is 5.91 Å². The maximum absolute atomic E-state index is 11.7. The van der Waals surface area contributed by atoms with Crippen LogP contribution in [0, 0.1) is 0 Å². The second kappa shape index (κ2) is 4.72. The summed E-state index contributed by atoms with van der Waals surface area (Å²) in [5.41, 5.74) is 0. The number of halogens is 1. The summed E-state index contributed by atoms with van der Waals surface area (Å²) in [6.07, 6.45) is 1.61. The minimum atomic E-state index is 0.0631. The third-order valence-electron chi connectivity index (χ3n) is 1.74. The van der Waals surface area contributed by atoms with E-state index in [0.29, 0.717) is 4.88 Å². The van der Waals surface area contributed by atoms with Gasteiger partial charge in [-0.05, 0) is 29.8 Å². The number of rotatable bonds is 3. The summed E-state index contributed by atoms with van der Waals surface area (Å²) in [5.74, 6) is 0.0631. The molecule has 0 unspecified atom stereocenters. The number of nitrogens with zero attached hydrogens (tertiary/aromatic N) is 2. The molecule has 0 fully saturated rings. The molecule has 0 N–H and O–H groups in total. The Labute approximate surface area is 89.9 Å². The molecule has 0 aliphatic heterocycles. The van der Waals surface area contributed by atoms with Gasteiger partial charge < -0.3 is 4.90 Å². The molecular formula is C8H11BrN2OS. The van der Waals surface area contributed by atoms with Crippen molar-refractivity contribution in [1.82, 2.24) is 9.88 Å². The highest BCUT2D eigenvalue weighted by Gasteiger charge is 2.14. The lowest BCUT2D eigenvalue weighted by atomic mass is 10.4. The lowest BCUT2D eigenvalue weighted by Gasteiger charge is -2.16. The van der Waals surface area contributed by atoms with Crippen LogP contribution in [0.15, 0.2) is 10.1 Å². The summed E-state index contributed by atoms with van der Waals surface area (Å²) < 4.78 is 0.753. The van der Waals surface area contributed by atoms with Crippen molar-refractivity contribution in [2.75, 3.05) is 13.1 Å². The molecule has 1 aromatic rings. The molecule has 0 aromatic carbocycles. The summed E-state index contributed by atoms with van der Waals surface area (Å²) in [5, 5.41) is 0. The first-order valence-corrected chi connectivity index (χ1v) is 5.70. The third-order valence-corrected chi connectivity index (χ3v) is 3.20. The Morgan fingerprint density at radius 2 is 2.23 bits per heavy atom. The summed E-state index contributed by atoms with van der Waals surface area (Å²) >= 11 is 4.60. The van der Waals surface area contributed by atoms with Gasteiger partial charge in [-0.15, -0.1) is 11.3 Å². The van der Waals surface area contributed by atoms with Gasteiger partial charge in [0.15, 0.2) is 3.92 Å². The minimum absolute atomic E-state index is 0.0631. The minimum Gasteiger partial charge on any atom is -0.338 e. The van der Waals surface area contributed by atoms with E-state index in [9.17, 15) is 4.79 Å². The Bertz CT molecular complexity index is 296. The van der Waals surface area contributed by atoms with Crippen molar-refractivity contribution in [3.05, 3.63) is 15.0 Å². The van der Waals surface area contributed by atoms with E-state index in [2.05, 4.69) is 20.9 Å². The van der Waals surface area contributed by atoms with E-state index in [4.69, 9.17) is 0 Å². The molecule has 5 heteroatoms. The summed E-state index contributed by atoms with van der Waals surface area (Å²) in [4.78, 5) is 18.1. The fourth-order valence-electron chi connectivity index (χ4n) is 1.02. The first kappa shape index (κ1) is 10.7. The predicted molar refractivity (Wildman–Crippen MR) is 57.1 cm³/mol. The van der Waals surface area contributed by atoms with Crippen LogP contribution in [0.2, 0.25) is 0 Å². The maximum atomic E-state index is 11.7. The molecule has 0 aliphatic rings. The van der Waals surface area contributed by atoms with Gasteiger partial charge in [0, 0.05) is 13.1 Å². The zero-order chi connectivity index (χ0) is 9.84. The predicted octanol–water partition coefficient (Wildman–Crippen LogP) is 2.39. The molecule has 0 saturated heterocycles. The highest BCUT2D eigenvalue weighted by molar-refractivity contribution is 9.11. The van der Waals surface area contributed by atoms with Gasteiger partial charge in [0.2, 0.25) is 0 Å². The fourth-order valence-corrected chi connectivity index (χ4v) is 2.25. The number of hydrogen-bond donors (Lipinski definition) is 0. The fraction of sp³-hybridized carbons (Fsp3) is 0.500. The topological polar surface area (TPSA) is 33.2 Å². The van der Waals surface area contributed by atoms with Crippen LogP contribution in [0.25, 0.3) is 0 Å². The van der Waals surface area contributed by atoms with Crippen LogP contribution in [-0.4, -0.2) is 28.9 Å². The van der Waals surface area contributed by atoms with E-state index in [1.807, 2.05) is 13.8 Å². The lowest BCUT2D eigenvalue weighted by molar-refractivity contribution is 0.0777. The van der Waals surface area contributed by atoms with Crippen molar-refractivity contribution in [2.24, 2.45) is 0 Å². The average Bonchev–Trinajstić information content (AvgIpc) is 2.54. The quantitative estimate of drug-likeness (QED) is 0.838. The molecule has 0 aliphatic carbocycles. The molecule has 72 valence electrons. The van der Waals surface area contributed by atoms with Crippen molar-refractivity contribution in [3.63, 3.8) is 0 Å². The Kier molecular flexibility index (Phi) is 3.87. The van der Waals surface area contributed by atoms with Crippen LogP contribution in [-0.2, 0) is 0 Å². The van der Waals surface area contributed by atoms with Crippen molar-refractivity contribution in [1.29, 1.82) is 0 Å². The van der Waals surface area contributed by atoms with E-state index < -0.39 is 0 Å². The Morgan fingerprint density at radius 3 is 2.62 bits per heavy atom. The average molecular weight is 263 g/mol. The Hall–Kier alpha value is -0.420. The van der Waals surface area contributed by atoms with Crippen LogP contribution in [0.5, 0.6) is 0 Å². The van der Waals surface area contributed by atoms with E-state index in [1.54, 1.807) is 11.1 Å².